The van der Waals surface area contributed by atoms with Gasteiger partial charge < -0.3 is 14.8 Å². The van der Waals surface area contributed by atoms with Crippen molar-refractivity contribution >= 4 is 5.69 Å². The topological polar surface area (TPSA) is 45.4 Å². The van der Waals surface area contributed by atoms with Crippen molar-refractivity contribution in [2.24, 2.45) is 0 Å². The van der Waals surface area contributed by atoms with Crippen LogP contribution in [0.25, 0.3) is 0 Å². The molecule has 0 aliphatic rings. The molecule has 0 bridgehead atoms. The molecule has 1 aromatic carbocycles. The molecule has 2 rings (SSSR count). The molecule has 0 amide bonds. The Morgan fingerprint density at radius 2 is 1.93 bits per heavy atom. The highest BCUT2D eigenvalue weighted by molar-refractivity contribution is 5.46. The fraction of sp³-hybridized carbons (Fsp3) is 0.167. The lowest BCUT2D eigenvalue weighted by Crippen LogP contribution is -1.98. The van der Waals surface area contributed by atoms with Crippen molar-refractivity contribution in [2.75, 3.05) is 5.32 Å². The van der Waals surface area contributed by atoms with Crippen molar-refractivity contribution in [2.45, 2.75) is 13.5 Å². The molecule has 3 heteroatoms. The van der Waals surface area contributed by atoms with E-state index in [4.69, 9.17) is 9.52 Å². The number of hydrogen-bond acceptors (Lipinski definition) is 3. The molecular weight excluding hydrogens is 190 g/mol. The van der Waals surface area contributed by atoms with Gasteiger partial charge in [0.1, 0.15) is 11.5 Å². The van der Waals surface area contributed by atoms with Gasteiger partial charge in [-0.2, -0.15) is 0 Å². The van der Waals surface area contributed by atoms with Crippen LogP contribution in [0.15, 0.2) is 41.0 Å². The highest BCUT2D eigenvalue weighted by Crippen LogP contribution is 2.16. The summed E-state index contributed by atoms with van der Waals surface area (Å²) in [7, 11) is 0. The number of benzene rings is 1. The third kappa shape index (κ3) is 2.31. The SMILES string of the molecule is Cc1ccoc1CNc1ccc(O)cc1. The van der Waals surface area contributed by atoms with Gasteiger partial charge in [0.15, 0.2) is 0 Å². The van der Waals surface area contributed by atoms with Crippen molar-refractivity contribution in [1.29, 1.82) is 0 Å². The summed E-state index contributed by atoms with van der Waals surface area (Å²) in [6.45, 7) is 2.67. The van der Waals surface area contributed by atoms with Crippen molar-refractivity contribution in [3.8, 4) is 5.75 Å². The summed E-state index contributed by atoms with van der Waals surface area (Å²) < 4.78 is 5.30. The quantitative estimate of drug-likeness (QED) is 0.754. The number of phenolic OH excluding ortho intramolecular Hbond substituents is 1. The Balaban J connectivity index is 1.99. The largest absolute Gasteiger partial charge is 0.508 e. The van der Waals surface area contributed by atoms with Crippen molar-refractivity contribution in [3.63, 3.8) is 0 Å². The lowest BCUT2D eigenvalue weighted by atomic mass is 10.2. The van der Waals surface area contributed by atoms with E-state index < -0.39 is 0 Å². The van der Waals surface area contributed by atoms with Gasteiger partial charge >= 0.3 is 0 Å². The van der Waals surface area contributed by atoms with Gasteiger partial charge in [-0.3, -0.25) is 0 Å². The van der Waals surface area contributed by atoms with Gasteiger partial charge in [-0.25, -0.2) is 0 Å². The monoisotopic (exact) mass is 203 g/mol. The van der Waals surface area contributed by atoms with E-state index in [1.54, 1.807) is 18.4 Å². The minimum Gasteiger partial charge on any atom is -0.508 e. The standard InChI is InChI=1S/C12H13NO2/c1-9-6-7-15-12(9)8-13-10-2-4-11(14)5-3-10/h2-7,13-14H,8H2,1H3. The summed E-state index contributed by atoms with van der Waals surface area (Å²) in [5.41, 5.74) is 2.10. The molecule has 78 valence electrons. The minimum absolute atomic E-state index is 0.273. The molecule has 0 aliphatic carbocycles. The molecule has 0 saturated heterocycles. The zero-order valence-corrected chi connectivity index (χ0v) is 8.53. The molecule has 1 heterocycles. The molecule has 0 saturated carbocycles. The highest BCUT2D eigenvalue weighted by atomic mass is 16.3. The van der Waals surface area contributed by atoms with E-state index in [9.17, 15) is 0 Å². The molecule has 2 N–H and O–H groups in total. The first-order valence-corrected chi connectivity index (χ1v) is 4.81. The Morgan fingerprint density at radius 3 is 2.53 bits per heavy atom. The maximum absolute atomic E-state index is 9.11. The van der Waals surface area contributed by atoms with Crippen LogP contribution in [0.1, 0.15) is 11.3 Å². The second kappa shape index (κ2) is 4.09. The highest BCUT2D eigenvalue weighted by Gasteiger charge is 2.00. The third-order valence-corrected chi connectivity index (χ3v) is 2.29. The molecule has 1 aromatic heterocycles. The summed E-state index contributed by atoms with van der Waals surface area (Å²) in [4.78, 5) is 0. The lowest BCUT2D eigenvalue weighted by molar-refractivity contribution is 0.475. The van der Waals surface area contributed by atoms with Crippen molar-refractivity contribution in [3.05, 3.63) is 47.9 Å². The van der Waals surface area contributed by atoms with Gasteiger partial charge in [0.05, 0.1) is 12.8 Å². The van der Waals surface area contributed by atoms with Gasteiger partial charge in [-0.15, -0.1) is 0 Å². The van der Waals surface area contributed by atoms with Crippen molar-refractivity contribution in [1.82, 2.24) is 0 Å². The Morgan fingerprint density at radius 1 is 1.20 bits per heavy atom. The van der Waals surface area contributed by atoms with E-state index in [1.807, 2.05) is 25.1 Å². The summed E-state index contributed by atoms with van der Waals surface area (Å²) >= 11 is 0. The summed E-state index contributed by atoms with van der Waals surface area (Å²) in [5.74, 6) is 1.21. The second-order valence-electron chi connectivity index (χ2n) is 3.43. The van der Waals surface area contributed by atoms with Crippen LogP contribution in [-0.2, 0) is 6.54 Å². The van der Waals surface area contributed by atoms with Gasteiger partial charge in [0.25, 0.3) is 0 Å². The zero-order valence-electron chi connectivity index (χ0n) is 8.53. The number of anilines is 1. The first-order chi connectivity index (χ1) is 7.25. The summed E-state index contributed by atoms with van der Waals surface area (Å²) in [6, 6.07) is 8.89. The van der Waals surface area contributed by atoms with Crippen LogP contribution in [0.4, 0.5) is 5.69 Å². The maximum Gasteiger partial charge on any atom is 0.125 e. The van der Waals surface area contributed by atoms with Crippen LogP contribution in [-0.4, -0.2) is 5.11 Å². The molecule has 0 spiro atoms. The zero-order chi connectivity index (χ0) is 10.7. The number of hydrogen-bond donors (Lipinski definition) is 2. The first-order valence-electron chi connectivity index (χ1n) is 4.81. The Kier molecular flexibility index (Phi) is 2.63. The molecule has 2 aromatic rings. The molecular formula is C12H13NO2. The van der Waals surface area contributed by atoms with Gasteiger partial charge in [0.2, 0.25) is 0 Å². The second-order valence-corrected chi connectivity index (χ2v) is 3.43. The maximum atomic E-state index is 9.11. The molecule has 0 fully saturated rings. The smallest absolute Gasteiger partial charge is 0.125 e. The fourth-order valence-electron chi connectivity index (χ4n) is 1.35. The van der Waals surface area contributed by atoms with E-state index >= 15 is 0 Å². The van der Waals surface area contributed by atoms with Gasteiger partial charge in [-0.05, 0) is 42.8 Å². The minimum atomic E-state index is 0.273. The van der Waals surface area contributed by atoms with E-state index in [1.165, 1.54) is 0 Å². The average molecular weight is 203 g/mol. The molecule has 0 unspecified atom stereocenters. The number of aromatic hydroxyl groups is 1. The summed E-state index contributed by atoms with van der Waals surface area (Å²) in [5, 5.41) is 12.3. The van der Waals surface area contributed by atoms with Gasteiger partial charge in [-0.1, -0.05) is 0 Å². The molecule has 0 atom stereocenters. The van der Waals surface area contributed by atoms with Crippen LogP contribution < -0.4 is 5.32 Å². The predicted octanol–water partition coefficient (Wildman–Crippen LogP) is 2.91. The molecule has 15 heavy (non-hydrogen) atoms. The van der Waals surface area contributed by atoms with E-state index in [2.05, 4.69) is 5.32 Å². The Hall–Kier alpha value is -1.90. The lowest BCUT2D eigenvalue weighted by Gasteiger charge is -2.04. The summed E-state index contributed by atoms with van der Waals surface area (Å²) in [6.07, 6.45) is 1.68. The Labute approximate surface area is 88.4 Å². The number of rotatable bonds is 3. The molecule has 0 radical (unpaired) electrons. The van der Waals surface area contributed by atoms with Crippen LogP contribution in [0.2, 0.25) is 0 Å². The van der Waals surface area contributed by atoms with Crippen LogP contribution in [0.3, 0.4) is 0 Å². The van der Waals surface area contributed by atoms with E-state index in [0.29, 0.717) is 6.54 Å². The van der Waals surface area contributed by atoms with Crippen LogP contribution in [0, 0.1) is 6.92 Å². The number of nitrogens with one attached hydrogen (secondary N) is 1. The van der Waals surface area contributed by atoms with E-state index in [0.717, 1.165) is 17.0 Å². The average Bonchev–Trinajstić information content (AvgIpc) is 2.63. The molecule has 3 nitrogen and oxygen atoms in total. The normalized spacial score (nSPS) is 10.2. The number of aryl methyl sites for hydroxylation is 1. The predicted molar refractivity (Wildman–Crippen MR) is 58.9 cm³/mol. The molecule has 0 aliphatic heterocycles. The fourth-order valence-corrected chi connectivity index (χ4v) is 1.35. The van der Waals surface area contributed by atoms with Crippen LogP contribution in [0.5, 0.6) is 5.75 Å². The number of phenols is 1. The third-order valence-electron chi connectivity index (χ3n) is 2.29. The van der Waals surface area contributed by atoms with E-state index in [-0.39, 0.29) is 5.75 Å². The number of furan rings is 1. The van der Waals surface area contributed by atoms with Crippen molar-refractivity contribution < 1.29 is 9.52 Å². The Bertz CT molecular complexity index is 431. The first kappa shape index (κ1) is 9.65. The van der Waals surface area contributed by atoms with Gasteiger partial charge in [0, 0.05) is 5.69 Å². The van der Waals surface area contributed by atoms with Crippen LogP contribution >= 0.6 is 0 Å².